The first-order chi connectivity index (χ1) is 12.7. The van der Waals surface area contributed by atoms with Crippen LogP contribution in [-0.2, 0) is 6.54 Å². The SMILES string of the molecule is O=c1nc2oc(C3CC3)cc2cn1Cc1cn(-c2ccc(Cl)cc2)nn1. The van der Waals surface area contributed by atoms with E-state index in [0.717, 1.165) is 29.7 Å². The summed E-state index contributed by atoms with van der Waals surface area (Å²) < 4.78 is 8.85. The van der Waals surface area contributed by atoms with E-state index in [9.17, 15) is 4.79 Å². The minimum Gasteiger partial charge on any atom is -0.442 e. The Morgan fingerprint density at radius 3 is 2.77 bits per heavy atom. The topological polar surface area (TPSA) is 78.7 Å². The van der Waals surface area contributed by atoms with Crippen molar-refractivity contribution in [2.45, 2.75) is 25.3 Å². The van der Waals surface area contributed by atoms with E-state index in [1.165, 1.54) is 4.57 Å². The van der Waals surface area contributed by atoms with Crippen molar-refractivity contribution in [1.29, 1.82) is 0 Å². The Bertz CT molecular complexity index is 1150. The molecule has 4 aromatic rings. The van der Waals surface area contributed by atoms with Crippen LogP contribution < -0.4 is 5.69 Å². The first-order valence-electron chi connectivity index (χ1n) is 8.34. The van der Waals surface area contributed by atoms with Gasteiger partial charge in [0.2, 0.25) is 5.71 Å². The summed E-state index contributed by atoms with van der Waals surface area (Å²) >= 11 is 5.90. The maximum absolute atomic E-state index is 12.3. The van der Waals surface area contributed by atoms with E-state index in [-0.39, 0.29) is 5.69 Å². The van der Waals surface area contributed by atoms with E-state index in [2.05, 4.69) is 15.3 Å². The van der Waals surface area contributed by atoms with Crippen LogP contribution in [0.5, 0.6) is 0 Å². The quantitative estimate of drug-likeness (QED) is 0.553. The van der Waals surface area contributed by atoms with Gasteiger partial charge in [-0.2, -0.15) is 4.98 Å². The molecule has 3 heterocycles. The van der Waals surface area contributed by atoms with E-state index in [4.69, 9.17) is 16.0 Å². The lowest BCUT2D eigenvalue weighted by atomic mass is 10.3. The van der Waals surface area contributed by atoms with Crippen molar-refractivity contribution in [3.63, 3.8) is 0 Å². The second kappa shape index (κ2) is 5.81. The Hall–Kier alpha value is -2.93. The summed E-state index contributed by atoms with van der Waals surface area (Å²) in [5, 5.41) is 9.74. The van der Waals surface area contributed by atoms with Crippen molar-refractivity contribution in [2.75, 3.05) is 0 Å². The van der Waals surface area contributed by atoms with E-state index in [1.54, 1.807) is 29.2 Å². The predicted octanol–water partition coefficient (Wildman–Crippen LogP) is 3.15. The zero-order valence-electron chi connectivity index (χ0n) is 13.7. The maximum atomic E-state index is 12.3. The molecule has 5 rings (SSSR count). The molecule has 1 aromatic carbocycles. The Labute approximate surface area is 152 Å². The standard InChI is InChI=1S/C18H14ClN5O2/c19-13-3-5-15(6-4-13)24-10-14(21-22-24)9-23-8-12-7-16(11-1-2-11)26-17(12)20-18(23)25/h3-8,10-11H,1-2,9H2. The smallest absolute Gasteiger partial charge is 0.351 e. The van der Waals surface area contributed by atoms with Crippen molar-refractivity contribution in [3.05, 3.63) is 69.7 Å². The molecule has 1 saturated carbocycles. The molecule has 0 unspecified atom stereocenters. The molecule has 26 heavy (non-hydrogen) atoms. The third-order valence-corrected chi connectivity index (χ3v) is 4.69. The number of fused-ring (bicyclic) bond motifs is 1. The Balaban J connectivity index is 1.44. The maximum Gasteiger partial charge on any atom is 0.351 e. The van der Waals surface area contributed by atoms with E-state index in [0.29, 0.717) is 28.9 Å². The highest BCUT2D eigenvalue weighted by Gasteiger charge is 2.27. The minimum atomic E-state index is -0.366. The second-order valence-electron chi connectivity index (χ2n) is 6.47. The van der Waals surface area contributed by atoms with Crippen molar-refractivity contribution >= 4 is 22.7 Å². The lowest BCUT2D eigenvalue weighted by Crippen LogP contribution is -2.22. The number of aromatic nitrogens is 5. The molecular formula is C18H14ClN5O2. The molecule has 3 aromatic heterocycles. The van der Waals surface area contributed by atoms with Crippen LogP contribution in [0.3, 0.4) is 0 Å². The molecule has 8 heteroatoms. The molecule has 0 radical (unpaired) electrons. The van der Waals surface area contributed by atoms with E-state index in [1.807, 2.05) is 18.2 Å². The molecule has 0 amide bonds. The summed E-state index contributed by atoms with van der Waals surface area (Å²) in [6.07, 6.45) is 5.82. The van der Waals surface area contributed by atoms with Crippen molar-refractivity contribution in [2.24, 2.45) is 0 Å². The van der Waals surface area contributed by atoms with Crippen LogP contribution in [0.25, 0.3) is 16.8 Å². The summed E-state index contributed by atoms with van der Waals surface area (Å²) in [6, 6.07) is 9.26. The van der Waals surface area contributed by atoms with Crippen LogP contribution in [0.2, 0.25) is 5.02 Å². The normalized spacial score (nSPS) is 14.2. The van der Waals surface area contributed by atoms with Crippen LogP contribution >= 0.6 is 11.6 Å². The molecule has 0 aliphatic heterocycles. The van der Waals surface area contributed by atoms with Gasteiger partial charge in [0.1, 0.15) is 11.5 Å². The largest absolute Gasteiger partial charge is 0.442 e. The average molecular weight is 368 g/mol. The van der Waals surface area contributed by atoms with Crippen molar-refractivity contribution < 1.29 is 4.42 Å². The molecule has 0 N–H and O–H groups in total. The van der Waals surface area contributed by atoms with Gasteiger partial charge < -0.3 is 4.42 Å². The van der Waals surface area contributed by atoms with Crippen LogP contribution in [0.4, 0.5) is 0 Å². The van der Waals surface area contributed by atoms with Crippen molar-refractivity contribution in [1.82, 2.24) is 24.5 Å². The molecule has 0 atom stereocenters. The predicted molar refractivity (Wildman–Crippen MR) is 95.7 cm³/mol. The van der Waals surface area contributed by atoms with Crippen LogP contribution in [0.15, 0.2) is 51.9 Å². The zero-order valence-corrected chi connectivity index (χ0v) is 14.4. The van der Waals surface area contributed by atoms with Gasteiger partial charge in [-0.15, -0.1) is 5.10 Å². The summed E-state index contributed by atoms with van der Waals surface area (Å²) in [4.78, 5) is 16.3. The highest BCUT2D eigenvalue weighted by atomic mass is 35.5. The van der Waals surface area contributed by atoms with Gasteiger partial charge >= 0.3 is 5.69 Å². The van der Waals surface area contributed by atoms with Gasteiger partial charge in [-0.3, -0.25) is 4.57 Å². The highest BCUT2D eigenvalue weighted by molar-refractivity contribution is 6.30. The van der Waals surface area contributed by atoms with Gasteiger partial charge in [-0.1, -0.05) is 16.8 Å². The molecule has 1 aliphatic rings. The second-order valence-corrected chi connectivity index (χ2v) is 6.90. The van der Waals surface area contributed by atoms with Crippen LogP contribution in [0, 0.1) is 0 Å². The van der Waals surface area contributed by atoms with Gasteiger partial charge in [0.15, 0.2) is 0 Å². The Kier molecular flexibility index (Phi) is 3.43. The first-order valence-corrected chi connectivity index (χ1v) is 8.71. The van der Waals surface area contributed by atoms with Gasteiger partial charge in [-0.25, -0.2) is 9.48 Å². The number of nitrogens with zero attached hydrogens (tertiary/aromatic N) is 5. The third kappa shape index (κ3) is 2.80. The molecule has 1 fully saturated rings. The Morgan fingerprint density at radius 2 is 2.00 bits per heavy atom. The van der Waals surface area contributed by atoms with Crippen LogP contribution in [-0.4, -0.2) is 24.5 Å². The number of hydrogen-bond donors (Lipinski definition) is 0. The number of halogens is 1. The van der Waals surface area contributed by atoms with Crippen molar-refractivity contribution in [3.8, 4) is 5.69 Å². The first kappa shape index (κ1) is 15.3. The summed E-state index contributed by atoms with van der Waals surface area (Å²) in [5.74, 6) is 1.39. The van der Waals surface area contributed by atoms with Gasteiger partial charge in [0.05, 0.1) is 23.8 Å². The number of benzene rings is 1. The number of rotatable bonds is 4. The molecular weight excluding hydrogens is 354 g/mol. The van der Waals surface area contributed by atoms with Crippen LogP contribution in [0.1, 0.15) is 30.2 Å². The molecule has 130 valence electrons. The lowest BCUT2D eigenvalue weighted by molar-refractivity contribution is 0.538. The van der Waals surface area contributed by atoms with Gasteiger partial charge in [-0.05, 0) is 43.2 Å². The molecule has 0 spiro atoms. The van der Waals surface area contributed by atoms with Gasteiger partial charge in [0, 0.05) is 17.1 Å². The number of furan rings is 1. The van der Waals surface area contributed by atoms with E-state index < -0.39 is 0 Å². The average Bonchev–Trinajstić information content (AvgIpc) is 3.25. The monoisotopic (exact) mass is 367 g/mol. The summed E-state index contributed by atoms with van der Waals surface area (Å²) in [5.41, 5.74) is 1.54. The fourth-order valence-corrected chi connectivity index (χ4v) is 3.04. The van der Waals surface area contributed by atoms with Gasteiger partial charge in [0.25, 0.3) is 0 Å². The van der Waals surface area contributed by atoms with E-state index >= 15 is 0 Å². The zero-order chi connectivity index (χ0) is 17.7. The third-order valence-electron chi connectivity index (χ3n) is 4.44. The fraction of sp³-hybridized carbons (Fsp3) is 0.222. The lowest BCUT2D eigenvalue weighted by Gasteiger charge is -2.01. The summed E-state index contributed by atoms with van der Waals surface area (Å²) in [6.45, 7) is 0.291. The molecule has 1 aliphatic carbocycles. The fourth-order valence-electron chi connectivity index (χ4n) is 2.92. The number of hydrogen-bond acceptors (Lipinski definition) is 5. The summed E-state index contributed by atoms with van der Waals surface area (Å²) in [7, 11) is 0. The Morgan fingerprint density at radius 1 is 1.19 bits per heavy atom. The minimum absolute atomic E-state index is 0.291. The molecule has 0 bridgehead atoms. The molecule has 7 nitrogen and oxygen atoms in total. The highest BCUT2D eigenvalue weighted by Crippen LogP contribution is 2.41. The molecule has 0 saturated heterocycles.